The van der Waals surface area contributed by atoms with Gasteiger partial charge in [0.15, 0.2) is 0 Å². The second-order valence-electron chi connectivity index (χ2n) is 37.3. The van der Waals surface area contributed by atoms with Crippen LogP contribution in [0.3, 0.4) is 0 Å². The van der Waals surface area contributed by atoms with Gasteiger partial charge in [-0.25, -0.2) is 0 Å². The van der Waals surface area contributed by atoms with Crippen molar-refractivity contribution < 1.29 is 0 Å². The minimum absolute atomic E-state index is 1.15. The lowest BCUT2D eigenvalue weighted by Crippen LogP contribution is -1.97. The summed E-state index contributed by atoms with van der Waals surface area (Å²) in [6.45, 7) is 0. The Morgan fingerprint density at radius 3 is 0.601 bits per heavy atom. The van der Waals surface area contributed by atoms with Gasteiger partial charge in [0, 0.05) is 115 Å². The molecular formula is C136H89N7. The van der Waals surface area contributed by atoms with Gasteiger partial charge in [-0.15, -0.1) is 0 Å². The van der Waals surface area contributed by atoms with Crippen LogP contribution in [0, 0.1) is 0 Å². The minimum Gasteiger partial charge on any atom is -0.309 e. The van der Waals surface area contributed by atoms with Crippen molar-refractivity contribution in [3.8, 4) is 95.4 Å². The van der Waals surface area contributed by atoms with E-state index in [1.54, 1.807) is 0 Å². The van der Waals surface area contributed by atoms with Crippen molar-refractivity contribution in [2.24, 2.45) is 0 Å². The van der Waals surface area contributed by atoms with E-state index in [2.05, 4.69) is 572 Å². The lowest BCUT2D eigenvalue weighted by atomic mass is 9.98. The first kappa shape index (κ1) is 82.2. The van der Waals surface area contributed by atoms with Crippen molar-refractivity contribution in [1.82, 2.24) is 32.0 Å². The molecule has 0 spiro atoms. The van der Waals surface area contributed by atoms with Crippen LogP contribution >= 0.6 is 0 Å². The molecule has 0 bridgehead atoms. The maximum Gasteiger partial charge on any atom is 0.0549 e. The molecule has 7 heteroatoms. The number of para-hydroxylation sites is 9. The second-order valence-corrected chi connectivity index (χ2v) is 37.3. The van der Waals surface area contributed by atoms with Crippen LogP contribution in [0.5, 0.6) is 0 Å². The topological polar surface area (TPSA) is 34.5 Å². The number of hydrogen-bond acceptors (Lipinski definition) is 0. The Hall–Kier alpha value is -19.1. The summed E-state index contributed by atoms with van der Waals surface area (Å²) in [4.78, 5) is 0. The van der Waals surface area contributed by atoms with Crippen molar-refractivity contribution in [2.45, 2.75) is 0 Å². The average Bonchev–Trinajstić information content (AvgIpc) is 1.56. The molecule has 0 aliphatic carbocycles. The summed E-state index contributed by atoms with van der Waals surface area (Å²) in [6.07, 6.45) is 0. The number of nitrogens with zero attached hydrogens (tertiary/aromatic N) is 7. The van der Waals surface area contributed by atoms with Gasteiger partial charge in [-0.3, -0.25) is 0 Å². The smallest absolute Gasteiger partial charge is 0.0549 e. The Labute approximate surface area is 824 Å². The fraction of sp³-hybridized carbons (Fsp3) is 0. The van der Waals surface area contributed by atoms with E-state index in [-0.39, 0.29) is 0 Å². The summed E-state index contributed by atoms with van der Waals surface area (Å²) >= 11 is 0. The summed E-state index contributed by atoms with van der Waals surface area (Å²) in [7, 11) is 0. The highest BCUT2D eigenvalue weighted by molar-refractivity contribution is 6.32. The first-order valence-corrected chi connectivity index (χ1v) is 49.2. The van der Waals surface area contributed by atoms with Gasteiger partial charge in [0.05, 0.1) is 82.9 Å². The van der Waals surface area contributed by atoms with E-state index in [4.69, 9.17) is 0 Å². The third-order valence-corrected chi connectivity index (χ3v) is 29.4. The van der Waals surface area contributed by atoms with Crippen LogP contribution in [0.1, 0.15) is 0 Å². The first-order chi connectivity index (χ1) is 71.0. The fourth-order valence-corrected chi connectivity index (χ4v) is 23.2. The molecule has 30 aromatic rings. The molecule has 23 aromatic carbocycles. The third kappa shape index (κ3) is 13.5. The highest BCUT2D eigenvalue weighted by Crippen LogP contribution is 2.50. The SMILES string of the molecule is c1ccc(-c2cc(-c3ccccc3)cc(-n3c4ccccc4c4c5c6ccccc6n(-c6ccccc6)c5ccc43)c2)cc1.c1ccc(-c2ccc(-n3c4ccccc4c4c5c6ccccc6n(-c6cc(-c7ccccc7)cc(-c7ccccc7)c6)c5ccc43)cc2)cc1.c1ccc2c(-n3c4ccccc4c4c5c6ccccc6n(-c6ccc(-n7c8ccccc8c8ccccc87)cc6)c5ccc43)cccc2c1. The molecule has 0 N–H and O–H groups in total. The largest absolute Gasteiger partial charge is 0.309 e. The van der Waals surface area contributed by atoms with Crippen molar-refractivity contribution in [2.75, 3.05) is 0 Å². The van der Waals surface area contributed by atoms with E-state index in [9.17, 15) is 0 Å². The highest BCUT2D eigenvalue weighted by Gasteiger charge is 2.27. The molecule has 7 aromatic heterocycles. The first-order valence-electron chi connectivity index (χ1n) is 49.2. The van der Waals surface area contributed by atoms with Gasteiger partial charge in [-0.1, -0.05) is 364 Å². The predicted octanol–water partition coefficient (Wildman–Crippen LogP) is 36.2. The Morgan fingerprint density at radius 2 is 0.294 bits per heavy atom. The van der Waals surface area contributed by atoms with Crippen molar-refractivity contribution in [3.63, 3.8) is 0 Å². The van der Waals surface area contributed by atoms with Crippen LogP contribution < -0.4 is 0 Å². The number of rotatable bonds is 12. The molecule has 30 rings (SSSR count). The molecule has 7 nitrogen and oxygen atoms in total. The maximum absolute atomic E-state index is 2.46. The van der Waals surface area contributed by atoms with E-state index in [0.29, 0.717) is 0 Å². The molecule has 7 heterocycles. The average molecular weight is 1820 g/mol. The maximum atomic E-state index is 2.46. The second kappa shape index (κ2) is 34.0. The lowest BCUT2D eigenvalue weighted by Gasteiger charge is -2.14. The third-order valence-electron chi connectivity index (χ3n) is 29.4. The van der Waals surface area contributed by atoms with Crippen LogP contribution in [-0.4, -0.2) is 32.0 Å². The number of aromatic nitrogens is 7. The molecule has 668 valence electrons. The lowest BCUT2D eigenvalue weighted by molar-refractivity contribution is 1.14. The minimum atomic E-state index is 1.15. The highest BCUT2D eigenvalue weighted by atomic mass is 15.0. The Balaban J connectivity index is 0.000000105. The fourth-order valence-electron chi connectivity index (χ4n) is 23.2. The van der Waals surface area contributed by atoms with Crippen LogP contribution in [-0.2, 0) is 0 Å². The summed E-state index contributed by atoms with van der Waals surface area (Å²) in [6, 6.07) is 196. The molecular weight excluding hydrogens is 1730 g/mol. The van der Waals surface area contributed by atoms with Crippen LogP contribution in [0.25, 0.3) is 259 Å². The zero-order chi connectivity index (χ0) is 94.1. The molecule has 0 saturated carbocycles. The predicted molar refractivity (Wildman–Crippen MR) is 604 cm³/mol. The normalized spacial score (nSPS) is 11.8. The Bertz CT molecular complexity index is 10100. The summed E-state index contributed by atoms with van der Waals surface area (Å²) in [5, 5.41) is 20.3. The summed E-state index contributed by atoms with van der Waals surface area (Å²) in [5.41, 5.74) is 37.1. The molecule has 0 aliphatic heterocycles. The summed E-state index contributed by atoms with van der Waals surface area (Å²) in [5.74, 6) is 0. The molecule has 0 amide bonds. The standard InChI is InChI=1S/C48H32N2.C46H29N3.C42H28N2/c1-4-14-33(15-5-1)36-24-26-39(27-25-36)49-43-22-12-10-20-41(43)47-45(49)28-29-46-48(47)42-21-11-13-23-44(42)50(46)40-31-37(34-16-6-2-7-17-34)30-38(32-40)35-18-8-3-9-19-35;1-2-14-33-30(12-1)13-11-23-38(33)49-42-22-10-6-18-37(42)46-44(49)29-28-43-45(46)36-17-5-9-21-41(36)48(43)32-26-24-31(25-27-32)47-39-19-7-3-15-34(39)35-16-4-8-20-40(35)47;1-4-14-29(15-5-1)31-26-32(30-16-6-2-7-17-30)28-34(27-31)44-38-23-13-11-21-36(38)42-40(44)25-24-39-41(42)35-20-10-12-22-37(35)43(39)33-18-8-3-9-19-33/h1-32H;1-29H;1-28H. The Morgan fingerprint density at radius 1 is 0.0979 bits per heavy atom. The van der Waals surface area contributed by atoms with Gasteiger partial charge in [0.1, 0.15) is 0 Å². The molecule has 0 saturated heterocycles. The Kier molecular flexibility index (Phi) is 19.5. The molecule has 0 fully saturated rings. The monoisotopic (exact) mass is 1820 g/mol. The van der Waals surface area contributed by atoms with Gasteiger partial charge in [-0.2, -0.15) is 0 Å². The van der Waals surface area contributed by atoms with Crippen LogP contribution in [0.4, 0.5) is 0 Å². The van der Waals surface area contributed by atoms with Gasteiger partial charge in [0.25, 0.3) is 0 Å². The van der Waals surface area contributed by atoms with E-state index in [1.165, 1.54) is 230 Å². The van der Waals surface area contributed by atoms with Gasteiger partial charge in [0.2, 0.25) is 0 Å². The van der Waals surface area contributed by atoms with Crippen molar-refractivity contribution in [1.29, 1.82) is 0 Å². The molecule has 0 aliphatic rings. The van der Waals surface area contributed by atoms with Gasteiger partial charge < -0.3 is 32.0 Å². The van der Waals surface area contributed by atoms with Crippen LogP contribution in [0.2, 0.25) is 0 Å². The van der Waals surface area contributed by atoms with Crippen LogP contribution in [0.15, 0.2) is 540 Å². The van der Waals surface area contributed by atoms with Crippen molar-refractivity contribution >= 4 is 163 Å². The number of hydrogen-bond donors (Lipinski definition) is 0. The number of benzene rings is 23. The van der Waals surface area contributed by atoms with E-state index in [0.717, 1.165) is 28.4 Å². The molecule has 0 unspecified atom stereocenters. The zero-order valence-electron chi connectivity index (χ0n) is 78.0. The molecule has 0 atom stereocenters. The quantitative estimate of drug-likeness (QED) is 0.117. The van der Waals surface area contributed by atoms with Crippen molar-refractivity contribution in [3.05, 3.63) is 540 Å². The van der Waals surface area contributed by atoms with E-state index >= 15 is 0 Å². The van der Waals surface area contributed by atoms with Gasteiger partial charge in [-0.05, 0) is 237 Å². The van der Waals surface area contributed by atoms with E-state index < -0.39 is 0 Å². The number of fused-ring (bicyclic) bond motifs is 25. The molecule has 0 radical (unpaired) electrons. The summed E-state index contributed by atoms with van der Waals surface area (Å²) < 4.78 is 17.0. The van der Waals surface area contributed by atoms with E-state index in [1.807, 2.05) is 0 Å². The zero-order valence-corrected chi connectivity index (χ0v) is 78.0. The molecule has 143 heavy (non-hydrogen) atoms. The van der Waals surface area contributed by atoms with Gasteiger partial charge >= 0.3 is 0 Å².